The number of ether oxygens (including phenoxy) is 1. The zero-order chi connectivity index (χ0) is 21.5. The second-order valence-electron chi connectivity index (χ2n) is 7.25. The third kappa shape index (κ3) is 5.35. The molecule has 156 valence electrons. The quantitative estimate of drug-likeness (QED) is 0.566. The lowest BCUT2D eigenvalue weighted by atomic mass is 9.94. The summed E-state index contributed by atoms with van der Waals surface area (Å²) in [6.07, 6.45) is 2.24. The van der Waals surface area contributed by atoms with Gasteiger partial charge >= 0.3 is 5.97 Å². The Morgan fingerprint density at radius 3 is 2.47 bits per heavy atom. The molecule has 0 aliphatic heterocycles. The molecule has 30 heavy (non-hydrogen) atoms. The highest BCUT2D eigenvalue weighted by atomic mass is 16.5. The van der Waals surface area contributed by atoms with E-state index in [2.05, 4.69) is 10.3 Å². The maximum absolute atomic E-state index is 12.6. The van der Waals surface area contributed by atoms with Gasteiger partial charge in [-0.15, -0.1) is 0 Å². The predicted molar refractivity (Wildman–Crippen MR) is 114 cm³/mol. The molecule has 3 rings (SSSR count). The Hall–Kier alpha value is -3.41. The van der Waals surface area contributed by atoms with Gasteiger partial charge in [-0.2, -0.15) is 0 Å². The molecule has 0 aliphatic carbocycles. The number of aryl methyl sites for hydroxylation is 2. The number of oxazole rings is 1. The van der Waals surface area contributed by atoms with Gasteiger partial charge in [-0.05, 0) is 19.4 Å². The van der Waals surface area contributed by atoms with Crippen LogP contribution >= 0.6 is 0 Å². The molecule has 1 amide bonds. The minimum atomic E-state index is -0.517. The Bertz CT molecular complexity index is 980. The van der Waals surface area contributed by atoms with Gasteiger partial charge in [0, 0.05) is 18.4 Å². The molecule has 0 aliphatic rings. The fraction of sp³-hybridized carbons (Fsp3) is 0.292. The van der Waals surface area contributed by atoms with E-state index in [1.54, 1.807) is 13.1 Å². The van der Waals surface area contributed by atoms with Gasteiger partial charge in [-0.25, -0.2) is 4.98 Å². The summed E-state index contributed by atoms with van der Waals surface area (Å²) in [5, 5.41) is 2.95. The topological polar surface area (TPSA) is 81.4 Å². The Kier molecular flexibility index (Phi) is 7.01. The number of amides is 1. The van der Waals surface area contributed by atoms with Gasteiger partial charge in [0.25, 0.3) is 0 Å². The molecule has 2 aromatic carbocycles. The second kappa shape index (κ2) is 9.87. The molecule has 0 saturated heterocycles. The van der Waals surface area contributed by atoms with Crippen LogP contribution in [0.1, 0.15) is 36.4 Å². The molecule has 0 fully saturated rings. The van der Waals surface area contributed by atoms with Gasteiger partial charge in [0.15, 0.2) is 11.7 Å². The van der Waals surface area contributed by atoms with Gasteiger partial charge in [0.1, 0.15) is 0 Å². The number of methoxy groups -OCH3 is 1. The molecule has 6 heteroatoms. The van der Waals surface area contributed by atoms with Gasteiger partial charge in [-0.3, -0.25) is 9.59 Å². The van der Waals surface area contributed by atoms with E-state index >= 15 is 0 Å². The number of nitrogens with one attached hydrogen (secondary N) is 1. The van der Waals surface area contributed by atoms with Crippen LogP contribution < -0.4 is 5.32 Å². The Balaban J connectivity index is 1.63. The molecule has 1 heterocycles. The first-order valence-corrected chi connectivity index (χ1v) is 9.92. The molecule has 6 nitrogen and oxygen atoms in total. The first kappa shape index (κ1) is 21.3. The second-order valence-corrected chi connectivity index (χ2v) is 7.25. The minimum absolute atomic E-state index is 0.185. The van der Waals surface area contributed by atoms with E-state index in [0.29, 0.717) is 18.1 Å². The Morgan fingerprint density at radius 2 is 1.80 bits per heavy atom. The lowest BCUT2D eigenvalue weighted by Crippen LogP contribution is -2.36. The molecule has 0 spiro atoms. The van der Waals surface area contributed by atoms with Crippen LogP contribution in [0.5, 0.6) is 0 Å². The van der Waals surface area contributed by atoms with Crippen molar-refractivity contribution in [3.05, 3.63) is 77.8 Å². The molecule has 1 N–H and O–H groups in total. The zero-order valence-corrected chi connectivity index (χ0v) is 17.4. The van der Waals surface area contributed by atoms with Crippen LogP contribution in [0.2, 0.25) is 0 Å². The number of esters is 1. The van der Waals surface area contributed by atoms with Crippen LogP contribution in [-0.2, 0) is 20.7 Å². The van der Waals surface area contributed by atoms with Gasteiger partial charge in [0.2, 0.25) is 5.91 Å². The fourth-order valence-corrected chi connectivity index (χ4v) is 3.22. The van der Waals surface area contributed by atoms with Crippen molar-refractivity contribution in [1.82, 2.24) is 10.3 Å². The number of carbonyl (C=O) groups excluding carboxylic acids is 2. The summed E-state index contributed by atoms with van der Waals surface area (Å²) in [7, 11) is 1.34. The van der Waals surface area contributed by atoms with Crippen molar-refractivity contribution in [2.45, 2.75) is 32.7 Å². The summed E-state index contributed by atoms with van der Waals surface area (Å²) in [4.78, 5) is 28.9. The van der Waals surface area contributed by atoms with Crippen LogP contribution in [-0.4, -0.2) is 24.0 Å². The Morgan fingerprint density at radius 1 is 1.10 bits per heavy atom. The van der Waals surface area contributed by atoms with Crippen molar-refractivity contribution < 1.29 is 18.7 Å². The molecular formula is C24H26N2O4. The van der Waals surface area contributed by atoms with E-state index in [0.717, 1.165) is 11.1 Å². The number of hydrogen-bond donors (Lipinski definition) is 1. The van der Waals surface area contributed by atoms with Crippen LogP contribution in [0.3, 0.4) is 0 Å². The average Bonchev–Trinajstić information content (AvgIpc) is 3.25. The van der Waals surface area contributed by atoms with Crippen molar-refractivity contribution in [3.63, 3.8) is 0 Å². The number of hydrogen-bond acceptors (Lipinski definition) is 5. The number of aromatic nitrogens is 1. The van der Waals surface area contributed by atoms with Crippen LogP contribution in [0.4, 0.5) is 0 Å². The third-order valence-electron chi connectivity index (χ3n) is 5.00. The highest BCUT2D eigenvalue weighted by molar-refractivity contribution is 5.79. The van der Waals surface area contributed by atoms with Crippen molar-refractivity contribution in [2.75, 3.05) is 7.11 Å². The van der Waals surface area contributed by atoms with Crippen molar-refractivity contribution in [1.29, 1.82) is 0 Å². The first-order chi connectivity index (χ1) is 14.5. The van der Waals surface area contributed by atoms with Crippen LogP contribution in [0, 0.1) is 12.8 Å². The molecule has 0 unspecified atom stereocenters. The van der Waals surface area contributed by atoms with E-state index < -0.39 is 12.0 Å². The highest BCUT2D eigenvalue weighted by Gasteiger charge is 2.27. The summed E-state index contributed by atoms with van der Waals surface area (Å²) in [5.41, 5.74) is 2.96. The van der Waals surface area contributed by atoms with E-state index in [-0.39, 0.29) is 18.3 Å². The smallest absolute Gasteiger partial charge is 0.310 e. The number of benzene rings is 2. The van der Waals surface area contributed by atoms with Gasteiger partial charge < -0.3 is 14.5 Å². The lowest BCUT2D eigenvalue weighted by molar-refractivity contribution is -0.146. The lowest BCUT2D eigenvalue weighted by Gasteiger charge is -2.24. The van der Waals surface area contributed by atoms with E-state index in [4.69, 9.17) is 9.15 Å². The molecule has 3 aromatic rings. The van der Waals surface area contributed by atoms with E-state index in [1.807, 2.05) is 61.5 Å². The maximum atomic E-state index is 12.6. The van der Waals surface area contributed by atoms with Crippen LogP contribution in [0.15, 0.2) is 65.2 Å². The molecule has 0 radical (unpaired) electrons. The Labute approximate surface area is 176 Å². The average molecular weight is 406 g/mol. The summed E-state index contributed by atoms with van der Waals surface area (Å²) in [5.74, 6) is 0.0930. The van der Waals surface area contributed by atoms with E-state index in [1.165, 1.54) is 12.7 Å². The SMILES string of the molecule is COC(=O)[C@@H](C)[C@@H](NC(=O)CCc1ncc(-c2ccc(C)cc2)o1)c1ccccc1. The van der Waals surface area contributed by atoms with Crippen molar-refractivity contribution >= 4 is 11.9 Å². The van der Waals surface area contributed by atoms with Gasteiger partial charge in [-0.1, -0.05) is 60.2 Å². The molecule has 0 bridgehead atoms. The minimum Gasteiger partial charge on any atom is -0.469 e. The predicted octanol–water partition coefficient (Wildman–Crippen LogP) is 4.25. The van der Waals surface area contributed by atoms with Crippen molar-refractivity contribution in [2.24, 2.45) is 5.92 Å². The standard InChI is InChI=1S/C24H26N2O4/c1-16-9-11-18(12-10-16)20-15-25-22(30-20)14-13-21(27)26-23(17(2)24(28)29-3)19-7-5-4-6-8-19/h4-12,15,17,23H,13-14H2,1-3H3,(H,26,27)/t17-,23+/m0/s1. The van der Waals surface area contributed by atoms with Crippen molar-refractivity contribution in [3.8, 4) is 11.3 Å². The molecule has 2 atom stereocenters. The number of rotatable bonds is 8. The third-order valence-corrected chi connectivity index (χ3v) is 5.00. The summed E-state index contributed by atoms with van der Waals surface area (Å²) in [6, 6.07) is 16.9. The summed E-state index contributed by atoms with van der Waals surface area (Å²) in [6.45, 7) is 3.77. The fourth-order valence-electron chi connectivity index (χ4n) is 3.22. The summed E-state index contributed by atoms with van der Waals surface area (Å²) >= 11 is 0. The molecular weight excluding hydrogens is 380 g/mol. The largest absolute Gasteiger partial charge is 0.469 e. The normalized spacial score (nSPS) is 12.8. The number of carbonyl (C=O) groups is 2. The monoisotopic (exact) mass is 406 g/mol. The van der Waals surface area contributed by atoms with Crippen LogP contribution in [0.25, 0.3) is 11.3 Å². The summed E-state index contributed by atoms with van der Waals surface area (Å²) < 4.78 is 10.6. The van der Waals surface area contributed by atoms with E-state index in [9.17, 15) is 9.59 Å². The zero-order valence-electron chi connectivity index (χ0n) is 17.4. The maximum Gasteiger partial charge on any atom is 0.310 e. The number of nitrogens with zero attached hydrogens (tertiary/aromatic N) is 1. The first-order valence-electron chi connectivity index (χ1n) is 9.92. The highest BCUT2D eigenvalue weighted by Crippen LogP contribution is 2.24. The molecule has 0 saturated carbocycles. The van der Waals surface area contributed by atoms with Gasteiger partial charge in [0.05, 0.1) is 25.3 Å². The molecule has 1 aromatic heterocycles.